The molecule has 0 radical (unpaired) electrons. The van der Waals surface area contributed by atoms with Crippen LogP contribution in [0.15, 0.2) is 36.4 Å². The Bertz CT molecular complexity index is 743. The second-order valence-corrected chi connectivity index (χ2v) is 5.57. The molecule has 2 aromatic rings. The highest BCUT2D eigenvalue weighted by atomic mass is 16.5. The van der Waals surface area contributed by atoms with Gasteiger partial charge in [0.2, 0.25) is 0 Å². The van der Waals surface area contributed by atoms with E-state index in [4.69, 9.17) is 15.2 Å². The Morgan fingerprint density at radius 2 is 1.83 bits per heavy atom. The second-order valence-electron chi connectivity index (χ2n) is 5.57. The summed E-state index contributed by atoms with van der Waals surface area (Å²) in [4.78, 5) is 14.6. The summed E-state index contributed by atoms with van der Waals surface area (Å²) in [5.41, 5.74) is 9.54. The van der Waals surface area contributed by atoms with E-state index >= 15 is 0 Å². The van der Waals surface area contributed by atoms with Crippen LogP contribution in [0.1, 0.15) is 21.5 Å². The number of carbonyl (C=O) groups excluding carboxylic acids is 1. The molecule has 0 saturated heterocycles. The van der Waals surface area contributed by atoms with Crippen LogP contribution < -0.4 is 15.2 Å². The first-order valence-corrected chi connectivity index (χ1v) is 7.51. The number of carbonyl (C=O) groups is 1. The van der Waals surface area contributed by atoms with E-state index in [1.807, 2.05) is 23.1 Å². The van der Waals surface area contributed by atoms with E-state index in [0.717, 1.165) is 17.7 Å². The molecule has 2 aromatic carbocycles. The largest absolute Gasteiger partial charge is 0.493 e. The van der Waals surface area contributed by atoms with Crippen LogP contribution in [0.25, 0.3) is 0 Å². The predicted molar refractivity (Wildman–Crippen MR) is 88.8 cm³/mol. The van der Waals surface area contributed by atoms with Crippen molar-refractivity contribution in [3.8, 4) is 11.5 Å². The number of benzene rings is 2. The Balaban J connectivity index is 1.84. The molecular weight excluding hydrogens is 292 g/mol. The predicted octanol–water partition coefficient (Wildman–Crippen LogP) is 2.48. The summed E-state index contributed by atoms with van der Waals surface area (Å²) >= 11 is 0. The highest BCUT2D eigenvalue weighted by Gasteiger charge is 2.22. The molecule has 23 heavy (non-hydrogen) atoms. The molecule has 120 valence electrons. The van der Waals surface area contributed by atoms with Gasteiger partial charge in [0.15, 0.2) is 11.5 Å². The zero-order valence-corrected chi connectivity index (χ0v) is 13.3. The summed E-state index contributed by atoms with van der Waals surface area (Å²) in [6.07, 6.45) is 0.842. The molecule has 3 rings (SSSR count). The molecule has 1 aliphatic heterocycles. The van der Waals surface area contributed by atoms with Crippen LogP contribution in [0, 0.1) is 0 Å². The van der Waals surface area contributed by atoms with Crippen LogP contribution in [0.2, 0.25) is 0 Å². The fraction of sp³-hybridized carbons (Fsp3) is 0.278. The molecule has 5 heteroatoms. The van der Waals surface area contributed by atoms with Crippen LogP contribution in [0.4, 0.5) is 5.69 Å². The van der Waals surface area contributed by atoms with Crippen molar-refractivity contribution in [2.24, 2.45) is 0 Å². The van der Waals surface area contributed by atoms with E-state index in [-0.39, 0.29) is 5.91 Å². The number of hydrogen-bond acceptors (Lipinski definition) is 4. The monoisotopic (exact) mass is 312 g/mol. The van der Waals surface area contributed by atoms with E-state index in [1.54, 1.807) is 32.4 Å². The number of ether oxygens (including phenoxy) is 2. The number of nitrogens with two attached hydrogens (primary N) is 1. The summed E-state index contributed by atoms with van der Waals surface area (Å²) in [5, 5.41) is 0. The fourth-order valence-corrected chi connectivity index (χ4v) is 2.90. The SMILES string of the molecule is COc1ccc(C(=O)N2CCc3ccc(N)cc3C2)cc1OC. The second kappa shape index (κ2) is 6.20. The van der Waals surface area contributed by atoms with Crippen molar-refractivity contribution in [3.63, 3.8) is 0 Å². The number of methoxy groups -OCH3 is 2. The van der Waals surface area contributed by atoms with Gasteiger partial charge in [-0.25, -0.2) is 0 Å². The number of anilines is 1. The summed E-state index contributed by atoms with van der Waals surface area (Å²) in [6, 6.07) is 11.1. The molecule has 0 saturated carbocycles. The van der Waals surface area contributed by atoms with E-state index in [0.29, 0.717) is 30.2 Å². The maximum Gasteiger partial charge on any atom is 0.254 e. The first-order valence-electron chi connectivity index (χ1n) is 7.51. The standard InChI is InChI=1S/C18H20N2O3/c1-22-16-6-4-13(10-17(16)23-2)18(21)20-8-7-12-3-5-15(19)9-14(12)11-20/h3-6,9-10H,7-8,11,19H2,1-2H3. The van der Waals surface area contributed by atoms with Gasteiger partial charge >= 0.3 is 0 Å². The molecule has 0 bridgehead atoms. The number of nitrogens with zero attached hydrogens (tertiary/aromatic N) is 1. The van der Waals surface area contributed by atoms with Crippen LogP contribution in [-0.2, 0) is 13.0 Å². The van der Waals surface area contributed by atoms with E-state index in [1.165, 1.54) is 5.56 Å². The minimum atomic E-state index is -0.0148. The average Bonchev–Trinajstić information content (AvgIpc) is 2.59. The van der Waals surface area contributed by atoms with Gasteiger partial charge in [0.1, 0.15) is 0 Å². The lowest BCUT2D eigenvalue weighted by Gasteiger charge is -2.29. The molecule has 0 unspecified atom stereocenters. The molecule has 0 spiro atoms. The normalized spacial score (nSPS) is 13.4. The fourth-order valence-electron chi connectivity index (χ4n) is 2.90. The number of fused-ring (bicyclic) bond motifs is 1. The average molecular weight is 312 g/mol. The third-order valence-electron chi connectivity index (χ3n) is 4.16. The third kappa shape index (κ3) is 2.95. The van der Waals surface area contributed by atoms with Gasteiger partial charge in [0, 0.05) is 24.3 Å². The molecule has 2 N–H and O–H groups in total. The molecule has 0 aromatic heterocycles. The Hall–Kier alpha value is -2.69. The molecule has 0 fully saturated rings. The summed E-state index contributed by atoms with van der Waals surface area (Å²) in [7, 11) is 3.14. The van der Waals surface area contributed by atoms with Gasteiger partial charge in [0.25, 0.3) is 5.91 Å². The van der Waals surface area contributed by atoms with Crippen molar-refractivity contribution in [2.45, 2.75) is 13.0 Å². The van der Waals surface area contributed by atoms with E-state index in [9.17, 15) is 4.79 Å². The lowest BCUT2D eigenvalue weighted by atomic mass is 9.98. The zero-order valence-electron chi connectivity index (χ0n) is 13.3. The first kappa shape index (κ1) is 15.2. The molecule has 1 amide bonds. The van der Waals surface area contributed by atoms with Crippen molar-refractivity contribution in [2.75, 3.05) is 26.5 Å². The van der Waals surface area contributed by atoms with Crippen molar-refractivity contribution < 1.29 is 14.3 Å². The molecule has 0 atom stereocenters. The lowest BCUT2D eigenvalue weighted by molar-refractivity contribution is 0.0734. The Morgan fingerprint density at radius 3 is 2.57 bits per heavy atom. The van der Waals surface area contributed by atoms with Gasteiger partial charge in [-0.1, -0.05) is 6.07 Å². The lowest BCUT2D eigenvalue weighted by Crippen LogP contribution is -2.36. The minimum absolute atomic E-state index is 0.0148. The summed E-state index contributed by atoms with van der Waals surface area (Å²) in [6.45, 7) is 1.28. The number of nitrogen functional groups attached to an aromatic ring is 1. The van der Waals surface area contributed by atoms with Gasteiger partial charge in [-0.05, 0) is 47.9 Å². The van der Waals surface area contributed by atoms with Gasteiger partial charge in [-0.3, -0.25) is 4.79 Å². The molecule has 0 aliphatic carbocycles. The van der Waals surface area contributed by atoms with Gasteiger partial charge in [-0.15, -0.1) is 0 Å². The van der Waals surface area contributed by atoms with Crippen LogP contribution >= 0.6 is 0 Å². The topological polar surface area (TPSA) is 64.8 Å². The van der Waals surface area contributed by atoms with Crippen molar-refractivity contribution in [3.05, 3.63) is 53.1 Å². The third-order valence-corrected chi connectivity index (χ3v) is 4.16. The van der Waals surface area contributed by atoms with Crippen molar-refractivity contribution in [1.29, 1.82) is 0 Å². The quantitative estimate of drug-likeness (QED) is 0.884. The molecule has 1 heterocycles. The van der Waals surface area contributed by atoms with Crippen molar-refractivity contribution in [1.82, 2.24) is 4.90 Å². The number of rotatable bonds is 3. The first-order chi connectivity index (χ1) is 11.1. The van der Waals surface area contributed by atoms with Crippen LogP contribution in [0.5, 0.6) is 11.5 Å². The number of amides is 1. The molecular formula is C18H20N2O3. The maximum atomic E-state index is 12.8. The molecule has 5 nitrogen and oxygen atoms in total. The Labute approximate surface area is 135 Å². The highest BCUT2D eigenvalue weighted by Crippen LogP contribution is 2.29. The minimum Gasteiger partial charge on any atom is -0.493 e. The number of hydrogen-bond donors (Lipinski definition) is 1. The van der Waals surface area contributed by atoms with E-state index < -0.39 is 0 Å². The van der Waals surface area contributed by atoms with Crippen molar-refractivity contribution >= 4 is 11.6 Å². The van der Waals surface area contributed by atoms with Crippen LogP contribution in [-0.4, -0.2) is 31.6 Å². The van der Waals surface area contributed by atoms with Gasteiger partial charge in [-0.2, -0.15) is 0 Å². The van der Waals surface area contributed by atoms with Gasteiger partial charge in [0.05, 0.1) is 14.2 Å². The highest BCUT2D eigenvalue weighted by molar-refractivity contribution is 5.95. The molecule has 1 aliphatic rings. The maximum absolute atomic E-state index is 12.8. The zero-order chi connectivity index (χ0) is 16.4. The Kier molecular flexibility index (Phi) is 4.10. The van der Waals surface area contributed by atoms with Crippen LogP contribution in [0.3, 0.4) is 0 Å². The van der Waals surface area contributed by atoms with Gasteiger partial charge < -0.3 is 20.1 Å². The van der Waals surface area contributed by atoms with E-state index in [2.05, 4.69) is 0 Å². The summed E-state index contributed by atoms with van der Waals surface area (Å²) < 4.78 is 10.5. The summed E-state index contributed by atoms with van der Waals surface area (Å²) in [5.74, 6) is 1.15. The smallest absolute Gasteiger partial charge is 0.254 e. The Morgan fingerprint density at radius 1 is 1.04 bits per heavy atom.